The molecule has 0 heterocycles. The van der Waals surface area contributed by atoms with Crippen LogP contribution in [0.1, 0.15) is 67.3 Å². The lowest BCUT2D eigenvalue weighted by Gasteiger charge is -2.18. The van der Waals surface area contributed by atoms with Crippen LogP contribution in [0.15, 0.2) is 24.3 Å². The topological polar surface area (TPSA) is 9.23 Å². The summed E-state index contributed by atoms with van der Waals surface area (Å²) >= 11 is 0. The minimum atomic E-state index is 0.975. The van der Waals surface area contributed by atoms with E-state index in [2.05, 4.69) is 58.9 Å². The summed E-state index contributed by atoms with van der Waals surface area (Å²) in [4.78, 5) is 0. The molecule has 136 valence electrons. The standard InChI is InChI=1S/C24H34O/c1-7-9-11-20-13-17(3)14-23(18(20)4)24-16-22(25-6)15-21(19(24)5)12-10-8-2/h13-16H,7-12H2,1-6H3. The Morgan fingerprint density at radius 2 is 1.24 bits per heavy atom. The fourth-order valence-corrected chi connectivity index (χ4v) is 3.61. The first-order valence-corrected chi connectivity index (χ1v) is 9.79. The fourth-order valence-electron chi connectivity index (χ4n) is 3.61. The Bertz CT molecular complexity index is 713. The van der Waals surface area contributed by atoms with Crippen LogP contribution in [0.5, 0.6) is 5.75 Å². The molecule has 0 aliphatic carbocycles. The Kier molecular flexibility index (Phi) is 7.11. The lowest BCUT2D eigenvalue weighted by atomic mass is 9.87. The Labute approximate surface area is 154 Å². The van der Waals surface area contributed by atoms with E-state index in [1.807, 2.05) is 0 Å². The molecule has 0 bridgehead atoms. The monoisotopic (exact) mass is 338 g/mol. The van der Waals surface area contributed by atoms with Crippen LogP contribution in [0, 0.1) is 20.8 Å². The molecule has 0 spiro atoms. The first-order chi connectivity index (χ1) is 12.0. The van der Waals surface area contributed by atoms with Crippen LogP contribution in [0.4, 0.5) is 0 Å². The molecule has 0 N–H and O–H groups in total. The van der Waals surface area contributed by atoms with Crippen LogP contribution in [0.3, 0.4) is 0 Å². The number of benzene rings is 2. The van der Waals surface area contributed by atoms with Gasteiger partial charge in [-0.15, -0.1) is 0 Å². The van der Waals surface area contributed by atoms with Crippen LogP contribution < -0.4 is 4.74 Å². The third-order valence-corrected chi connectivity index (χ3v) is 5.27. The number of methoxy groups -OCH3 is 1. The molecule has 0 aromatic heterocycles. The minimum absolute atomic E-state index is 0.975. The van der Waals surface area contributed by atoms with Gasteiger partial charge in [-0.05, 0) is 92.0 Å². The van der Waals surface area contributed by atoms with Crippen molar-refractivity contribution in [2.24, 2.45) is 0 Å². The van der Waals surface area contributed by atoms with E-state index >= 15 is 0 Å². The Morgan fingerprint density at radius 1 is 0.720 bits per heavy atom. The van der Waals surface area contributed by atoms with Gasteiger partial charge in [0.05, 0.1) is 7.11 Å². The van der Waals surface area contributed by atoms with Gasteiger partial charge in [-0.2, -0.15) is 0 Å². The second-order valence-electron chi connectivity index (χ2n) is 7.26. The van der Waals surface area contributed by atoms with Gasteiger partial charge in [0.2, 0.25) is 0 Å². The molecule has 0 radical (unpaired) electrons. The highest BCUT2D eigenvalue weighted by Gasteiger charge is 2.14. The number of ether oxygens (including phenoxy) is 1. The van der Waals surface area contributed by atoms with E-state index in [1.165, 1.54) is 71.0 Å². The second kappa shape index (κ2) is 9.08. The van der Waals surface area contributed by atoms with Gasteiger partial charge < -0.3 is 4.74 Å². The highest BCUT2D eigenvalue weighted by atomic mass is 16.5. The van der Waals surface area contributed by atoms with Crippen LogP contribution in [0.2, 0.25) is 0 Å². The summed E-state index contributed by atoms with van der Waals surface area (Å²) in [6.07, 6.45) is 7.23. The summed E-state index contributed by atoms with van der Waals surface area (Å²) in [6.45, 7) is 11.3. The predicted molar refractivity (Wildman–Crippen MR) is 110 cm³/mol. The number of hydrogen-bond acceptors (Lipinski definition) is 1. The molecule has 1 heteroatoms. The molecule has 2 aromatic rings. The van der Waals surface area contributed by atoms with E-state index in [0.29, 0.717) is 0 Å². The third-order valence-electron chi connectivity index (χ3n) is 5.27. The molecule has 0 saturated carbocycles. The molecule has 2 aromatic carbocycles. The van der Waals surface area contributed by atoms with Crippen molar-refractivity contribution in [1.29, 1.82) is 0 Å². The van der Waals surface area contributed by atoms with E-state index in [9.17, 15) is 0 Å². The van der Waals surface area contributed by atoms with Crippen molar-refractivity contribution in [3.05, 3.63) is 52.1 Å². The van der Waals surface area contributed by atoms with E-state index < -0.39 is 0 Å². The summed E-state index contributed by atoms with van der Waals surface area (Å²) in [5, 5.41) is 0. The first-order valence-electron chi connectivity index (χ1n) is 9.79. The molecule has 0 atom stereocenters. The molecule has 0 aliphatic rings. The zero-order chi connectivity index (χ0) is 18.4. The Hall–Kier alpha value is -1.76. The Morgan fingerprint density at radius 3 is 1.76 bits per heavy atom. The summed E-state index contributed by atoms with van der Waals surface area (Å²) in [6, 6.07) is 9.14. The van der Waals surface area contributed by atoms with Crippen molar-refractivity contribution in [3.8, 4) is 16.9 Å². The molecule has 0 aliphatic heterocycles. The SMILES string of the molecule is CCCCc1cc(C)cc(-c2cc(OC)cc(CCCC)c2C)c1C. The number of hydrogen-bond donors (Lipinski definition) is 0. The molecule has 0 amide bonds. The van der Waals surface area contributed by atoms with Crippen molar-refractivity contribution in [2.45, 2.75) is 73.1 Å². The van der Waals surface area contributed by atoms with Crippen molar-refractivity contribution < 1.29 is 4.74 Å². The fraction of sp³-hybridized carbons (Fsp3) is 0.500. The van der Waals surface area contributed by atoms with Gasteiger partial charge in [0.1, 0.15) is 5.75 Å². The molecule has 2 rings (SSSR count). The second-order valence-corrected chi connectivity index (χ2v) is 7.26. The molecule has 0 unspecified atom stereocenters. The predicted octanol–water partition coefficient (Wildman–Crippen LogP) is 6.97. The maximum Gasteiger partial charge on any atom is 0.119 e. The van der Waals surface area contributed by atoms with Crippen LogP contribution in [-0.4, -0.2) is 7.11 Å². The van der Waals surface area contributed by atoms with E-state index in [-0.39, 0.29) is 0 Å². The van der Waals surface area contributed by atoms with E-state index in [0.717, 1.165) is 12.2 Å². The molecule has 25 heavy (non-hydrogen) atoms. The average Bonchev–Trinajstić information content (AvgIpc) is 2.61. The van der Waals surface area contributed by atoms with Gasteiger partial charge in [-0.3, -0.25) is 0 Å². The minimum Gasteiger partial charge on any atom is -0.497 e. The summed E-state index contributed by atoms with van der Waals surface area (Å²) < 4.78 is 5.62. The first kappa shape index (κ1) is 19.6. The highest BCUT2D eigenvalue weighted by Crippen LogP contribution is 2.35. The highest BCUT2D eigenvalue weighted by molar-refractivity contribution is 5.75. The summed E-state index contributed by atoms with van der Waals surface area (Å²) in [5.74, 6) is 0.975. The summed E-state index contributed by atoms with van der Waals surface area (Å²) in [7, 11) is 1.77. The number of unbranched alkanes of at least 4 members (excludes halogenated alkanes) is 2. The van der Waals surface area contributed by atoms with Crippen molar-refractivity contribution in [3.63, 3.8) is 0 Å². The maximum atomic E-state index is 5.62. The van der Waals surface area contributed by atoms with Gasteiger partial charge in [-0.1, -0.05) is 44.4 Å². The van der Waals surface area contributed by atoms with Gasteiger partial charge in [0, 0.05) is 0 Å². The average molecular weight is 339 g/mol. The van der Waals surface area contributed by atoms with Crippen molar-refractivity contribution >= 4 is 0 Å². The van der Waals surface area contributed by atoms with E-state index in [4.69, 9.17) is 4.74 Å². The molecule has 0 saturated heterocycles. The van der Waals surface area contributed by atoms with Gasteiger partial charge in [0.15, 0.2) is 0 Å². The quantitative estimate of drug-likeness (QED) is 0.505. The van der Waals surface area contributed by atoms with Crippen molar-refractivity contribution in [2.75, 3.05) is 7.11 Å². The van der Waals surface area contributed by atoms with Gasteiger partial charge in [-0.25, -0.2) is 0 Å². The largest absolute Gasteiger partial charge is 0.497 e. The van der Waals surface area contributed by atoms with E-state index in [1.54, 1.807) is 7.11 Å². The lowest BCUT2D eigenvalue weighted by molar-refractivity contribution is 0.414. The number of aryl methyl sites for hydroxylation is 3. The van der Waals surface area contributed by atoms with Crippen LogP contribution in [-0.2, 0) is 12.8 Å². The molecule has 0 fully saturated rings. The van der Waals surface area contributed by atoms with Crippen LogP contribution in [0.25, 0.3) is 11.1 Å². The maximum absolute atomic E-state index is 5.62. The Balaban J connectivity index is 2.58. The molecule has 1 nitrogen and oxygen atoms in total. The van der Waals surface area contributed by atoms with Gasteiger partial charge in [0.25, 0.3) is 0 Å². The third kappa shape index (κ3) is 4.66. The van der Waals surface area contributed by atoms with Crippen LogP contribution >= 0.6 is 0 Å². The molecular weight excluding hydrogens is 304 g/mol. The molecular formula is C24H34O. The zero-order valence-electron chi connectivity index (χ0n) is 17.0. The number of rotatable bonds is 8. The zero-order valence-corrected chi connectivity index (χ0v) is 17.0. The smallest absolute Gasteiger partial charge is 0.119 e. The normalized spacial score (nSPS) is 11.0. The van der Waals surface area contributed by atoms with Crippen molar-refractivity contribution in [1.82, 2.24) is 0 Å². The van der Waals surface area contributed by atoms with Gasteiger partial charge >= 0.3 is 0 Å². The lowest BCUT2D eigenvalue weighted by Crippen LogP contribution is -1.99. The summed E-state index contributed by atoms with van der Waals surface area (Å²) in [5.41, 5.74) is 9.82.